The molecular formula is C9H17ClO2S. The molecule has 0 bridgehead atoms. The molecule has 1 rings (SSSR count). The van der Waals surface area contributed by atoms with E-state index >= 15 is 0 Å². The minimum absolute atomic E-state index is 0.533. The standard InChI is InChI=1S/C9H17ClO2S/c1-13(11,12)9(10)7-8-5-3-2-4-6-8/h8-9H,2-7H2,1H3. The summed E-state index contributed by atoms with van der Waals surface area (Å²) >= 11 is 5.80. The Labute approximate surface area is 85.6 Å². The second kappa shape index (κ2) is 4.65. The van der Waals surface area contributed by atoms with Crippen LogP contribution in [0.1, 0.15) is 38.5 Å². The quantitative estimate of drug-likeness (QED) is 0.691. The Morgan fingerprint density at radius 3 is 2.31 bits per heavy atom. The zero-order valence-corrected chi connectivity index (χ0v) is 9.57. The molecule has 1 saturated carbocycles. The van der Waals surface area contributed by atoms with Gasteiger partial charge in [-0.3, -0.25) is 0 Å². The Morgan fingerprint density at radius 1 is 1.31 bits per heavy atom. The van der Waals surface area contributed by atoms with E-state index in [2.05, 4.69) is 0 Å². The second-order valence-corrected chi connectivity index (χ2v) is 6.99. The predicted molar refractivity (Wildman–Crippen MR) is 55.7 cm³/mol. The van der Waals surface area contributed by atoms with E-state index in [-0.39, 0.29) is 0 Å². The van der Waals surface area contributed by atoms with Crippen LogP contribution in [0, 0.1) is 5.92 Å². The van der Waals surface area contributed by atoms with Gasteiger partial charge in [-0.1, -0.05) is 32.1 Å². The number of alkyl halides is 1. The number of halogens is 1. The van der Waals surface area contributed by atoms with Crippen LogP contribution in [0.2, 0.25) is 0 Å². The molecule has 0 saturated heterocycles. The Morgan fingerprint density at radius 2 is 1.85 bits per heavy atom. The molecule has 1 aliphatic carbocycles. The maximum atomic E-state index is 11.1. The predicted octanol–water partition coefficient (Wildman–Crippen LogP) is 2.57. The molecule has 2 nitrogen and oxygen atoms in total. The first-order valence-corrected chi connectivity index (χ1v) is 7.22. The Hall–Kier alpha value is 0.240. The molecule has 0 aromatic carbocycles. The maximum Gasteiger partial charge on any atom is 0.164 e. The van der Waals surface area contributed by atoms with Gasteiger partial charge in [0.15, 0.2) is 9.84 Å². The number of sulfone groups is 1. The summed E-state index contributed by atoms with van der Waals surface area (Å²) in [5, 5.41) is 0. The van der Waals surface area contributed by atoms with Crippen LogP contribution in [0.15, 0.2) is 0 Å². The molecule has 0 heterocycles. The molecule has 13 heavy (non-hydrogen) atoms. The van der Waals surface area contributed by atoms with E-state index in [9.17, 15) is 8.42 Å². The van der Waals surface area contributed by atoms with Gasteiger partial charge in [0.05, 0.1) is 0 Å². The van der Waals surface area contributed by atoms with E-state index in [4.69, 9.17) is 11.6 Å². The van der Waals surface area contributed by atoms with Crippen molar-refractivity contribution in [1.29, 1.82) is 0 Å². The van der Waals surface area contributed by atoms with Crippen molar-refractivity contribution in [3.63, 3.8) is 0 Å². The van der Waals surface area contributed by atoms with Crippen molar-refractivity contribution in [2.75, 3.05) is 6.26 Å². The third kappa shape index (κ3) is 3.86. The van der Waals surface area contributed by atoms with Crippen molar-refractivity contribution < 1.29 is 8.42 Å². The highest BCUT2D eigenvalue weighted by atomic mass is 35.5. The zero-order valence-electron chi connectivity index (χ0n) is 8.00. The molecule has 0 N–H and O–H groups in total. The summed E-state index contributed by atoms with van der Waals surface area (Å²) in [5.41, 5.74) is 0. The van der Waals surface area contributed by atoms with Crippen molar-refractivity contribution in [2.24, 2.45) is 5.92 Å². The summed E-state index contributed by atoms with van der Waals surface area (Å²) < 4.78 is 21.5. The van der Waals surface area contributed by atoms with Crippen LogP contribution < -0.4 is 0 Å². The Bertz CT molecular complexity index is 242. The summed E-state index contributed by atoms with van der Waals surface area (Å²) in [6, 6.07) is 0. The molecule has 4 heteroatoms. The van der Waals surface area contributed by atoms with Gasteiger partial charge >= 0.3 is 0 Å². The molecule has 1 fully saturated rings. The normalized spacial score (nSPS) is 22.9. The summed E-state index contributed by atoms with van der Waals surface area (Å²) in [7, 11) is -3.04. The molecule has 0 aromatic rings. The van der Waals surface area contributed by atoms with Gasteiger partial charge in [-0.25, -0.2) is 8.42 Å². The van der Waals surface area contributed by atoms with E-state index in [0.717, 1.165) is 12.8 Å². The zero-order chi connectivity index (χ0) is 9.90. The molecule has 0 spiro atoms. The molecule has 0 radical (unpaired) electrons. The highest BCUT2D eigenvalue weighted by molar-refractivity contribution is 7.92. The molecular weight excluding hydrogens is 208 g/mol. The lowest BCUT2D eigenvalue weighted by Gasteiger charge is -2.22. The topological polar surface area (TPSA) is 34.1 Å². The van der Waals surface area contributed by atoms with Gasteiger partial charge in [0.25, 0.3) is 0 Å². The highest BCUT2D eigenvalue weighted by Crippen LogP contribution is 2.29. The summed E-state index contributed by atoms with van der Waals surface area (Å²) in [5.74, 6) is 0.533. The maximum absolute atomic E-state index is 11.1. The largest absolute Gasteiger partial charge is 0.228 e. The average molecular weight is 225 g/mol. The van der Waals surface area contributed by atoms with Gasteiger partial charge in [-0.05, 0) is 12.3 Å². The van der Waals surface area contributed by atoms with Crippen molar-refractivity contribution in [2.45, 2.75) is 43.2 Å². The van der Waals surface area contributed by atoms with E-state index < -0.39 is 14.5 Å². The average Bonchev–Trinajstić information content (AvgIpc) is 2.04. The van der Waals surface area contributed by atoms with E-state index in [1.54, 1.807) is 0 Å². The van der Waals surface area contributed by atoms with E-state index in [1.807, 2.05) is 0 Å². The van der Waals surface area contributed by atoms with Crippen LogP contribution in [0.3, 0.4) is 0 Å². The van der Waals surface area contributed by atoms with E-state index in [0.29, 0.717) is 12.3 Å². The molecule has 1 aliphatic rings. The molecule has 1 atom stereocenters. The third-order valence-electron chi connectivity index (χ3n) is 2.71. The highest BCUT2D eigenvalue weighted by Gasteiger charge is 2.23. The number of rotatable bonds is 3. The van der Waals surface area contributed by atoms with Gasteiger partial charge < -0.3 is 0 Å². The minimum atomic E-state index is -3.04. The van der Waals surface area contributed by atoms with Crippen LogP contribution in [-0.2, 0) is 9.84 Å². The van der Waals surface area contributed by atoms with Gasteiger partial charge in [0.1, 0.15) is 4.71 Å². The molecule has 78 valence electrons. The lowest BCUT2D eigenvalue weighted by atomic mass is 9.87. The first-order chi connectivity index (χ1) is 6.00. The Balaban J connectivity index is 2.39. The molecule has 0 aliphatic heterocycles. The lowest BCUT2D eigenvalue weighted by molar-refractivity contribution is 0.345. The van der Waals surface area contributed by atoms with Crippen LogP contribution in [0.25, 0.3) is 0 Å². The first-order valence-electron chi connectivity index (χ1n) is 4.83. The SMILES string of the molecule is CS(=O)(=O)C(Cl)CC1CCCCC1. The van der Waals surface area contributed by atoms with Crippen molar-refractivity contribution in [1.82, 2.24) is 0 Å². The summed E-state index contributed by atoms with van der Waals surface area (Å²) in [6.45, 7) is 0. The number of hydrogen-bond acceptors (Lipinski definition) is 2. The van der Waals surface area contributed by atoms with Crippen LogP contribution in [0.5, 0.6) is 0 Å². The molecule has 0 aromatic heterocycles. The van der Waals surface area contributed by atoms with Crippen LogP contribution in [0.4, 0.5) is 0 Å². The van der Waals surface area contributed by atoms with E-state index in [1.165, 1.54) is 25.5 Å². The van der Waals surface area contributed by atoms with Crippen molar-refractivity contribution in [3.8, 4) is 0 Å². The van der Waals surface area contributed by atoms with Gasteiger partial charge in [-0.2, -0.15) is 0 Å². The lowest BCUT2D eigenvalue weighted by Crippen LogP contribution is -2.19. The molecule has 0 amide bonds. The summed E-state index contributed by atoms with van der Waals surface area (Å²) in [4.78, 5) is 0. The summed E-state index contributed by atoms with van der Waals surface area (Å²) in [6.07, 6.45) is 7.92. The smallest absolute Gasteiger partial charge is 0.164 e. The van der Waals surface area contributed by atoms with Gasteiger partial charge in [-0.15, -0.1) is 11.6 Å². The number of hydrogen-bond donors (Lipinski definition) is 0. The Kier molecular flexibility index (Phi) is 4.05. The van der Waals surface area contributed by atoms with Crippen molar-refractivity contribution >= 4 is 21.4 Å². The molecule has 1 unspecified atom stereocenters. The fourth-order valence-electron chi connectivity index (χ4n) is 1.86. The first kappa shape index (κ1) is 11.3. The second-order valence-electron chi connectivity index (χ2n) is 3.98. The fourth-order valence-corrected chi connectivity index (χ4v) is 2.73. The van der Waals surface area contributed by atoms with Gasteiger partial charge in [0, 0.05) is 6.26 Å². The minimum Gasteiger partial charge on any atom is -0.228 e. The van der Waals surface area contributed by atoms with Crippen LogP contribution in [-0.4, -0.2) is 19.4 Å². The third-order valence-corrected chi connectivity index (χ3v) is 4.98. The van der Waals surface area contributed by atoms with Gasteiger partial charge in [0.2, 0.25) is 0 Å². The van der Waals surface area contributed by atoms with Crippen molar-refractivity contribution in [3.05, 3.63) is 0 Å². The fraction of sp³-hybridized carbons (Fsp3) is 1.00. The monoisotopic (exact) mass is 224 g/mol. The van der Waals surface area contributed by atoms with Crippen LogP contribution >= 0.6 is 11.6 Å².